The van der Waals surface area contributed by atoms with Gasteiger partial charge in [0, 0.05) is 32.8 Å². The first kappa shape index (κ1) is 15.9. The quantitative estimate of drug-likeness (QED) is 0.815. The van der Waals surface area contributed by atoms with Gasteiger partial charge in [-0.2, -0.15) is 0 Å². The first-order valence-electron chi connectivity index (χ1n) is 7.40. The molecule has 0 spiro atoms. The molecule has 0 radical (unpaired) electrons. The van der Waals surface area contributed by atoms with Crippen molar-refractivity contribution < 1.29 is 13.9 Å². The molecular weight excluding hydrogens is 271 g/mol. The highest BCUT2D eigenvalue weighted by Gasteiger charge is 2.25. The maximum absolute atomic E-state index is 13.2. The molecule has 116 valence electrons. The maximum Gasteiger partial charge on any atom is 0.234 e. The topological polar surface area (TPSA) is 41.6 Å². The van der Waals surface area contributed by atoms with E-state index in [4.69, 9.17) is 4.74 Å². The van der Waals surface area contributed by atoms with E-state index >= 15 is 0 Å². The van der Waals surface area contributed by atoms with Gasteiger partial charge in [-0.3, -0.25) is 9.69 Å². The third-order valence-corrected chi connectivity index (χ3v) is 3.97. The molecular formula is C16H23FN2O2. The molecule has 1 N–H and O–H groups in total. The molecule has 0 saturated heterocycles. The van der Waals surface area contributed by atoms with Crippen molar-refractivity contribution in [3.05, 3.63) is 35.1 Å². The second kappa shape index (κ2) is 7.52. The van der Waals surface area contributed by atoms with Crippen LogP contribution in [-0.4, -0.2) is 44.2 Å². The summed E-state index contributed by atoms with van der Waals surface area (Å²) in [5.41, 5.74) is 2.18. The molecule has 0 bridgehead atoms. The summed E-state index contributed by atoms with van der Waals surface area (Å²) in [6.45, 7) is 4.51. The average molecular weight is 294 g/mol. The number of fused-ring (bicyclic) bond motifs is 1. The van der Waals surface area contributed by atoms with E-state index in [-0.39, 0.29) is 17.8 Å². The zero-order chi connectivity index (χ0) is 15.2. The van der Waals surface area contributed by atoms with Gasteiger partial charge in [-0.1, -0.05) is 6.07 Å². The van der Waals surface area contributed by atoms with Crippen molar-refractivity contribution in [2.24, 2.45) is 0 Å². The highest BCUT2D eigenvalue weighted by molar-refractivity contribution is 5.78. The Morgan fingerprint density at radius 3 is 3.10 bits per heavy atom. The second-order valence-electron chi connectivity index (χ2n) is 5.44. The van der Waals surface area contributed by atoms with Crippen LogP contribution >= 0.6 is 0 Å². The second-order valence-corrected chi connectivity index (χ2v) is 5.44. The van der Waals surface area contributed by atoms with E-state index in [0.717, 1.165) is 30.5 Å². The van der Waals surface area contributed by atoms with Crippen molar-refractivity contribution in [3.8, 4) is 0 Å². The highest BCUT2D eigenvalue weighted by atomic mass is 19.1. The third-order valence-electron chi connectivity index (χ3n) is 3.97. The van der Waals surface area contributed by atoms with Crippen LogP contribution in [0.2, 0.25) is 0 Å². The lowest BCUT2D eigenvalue weighted by atomic mass is 9.93. The molecule has 1 aromatic carbocycles. The average Bonchev–Trinajstić information content (AvgIpc) is 2.46. The molecule has 5 heteroatoms. The van der Waals surface area contributed by atoms with E-state index in [1.807, 2.05) is 6.07 Å². The predicted octanol–water partition coefficient (Wildman–Crippen LogP) is 1.90. The van der Waals surface area contributed by atoms with Gasteiger partial charge in [-0.15, -0.1) is 0 Å². The Kier molecular flexibility index (Phi) is 5.70. The molecule has 0 saturated carbocycles. The summed E-state index contributed by atoms with van der Waals surface area (Å²) < 4.78 is 18.2. The summed E-state index contributed by atoms with van der Waals surface area (Å²) in [7, 11) is 1.65. The van der Waals surface area contributed by atoms with Gasteiger partial charge in [0.15, 0.2) is 0 Å². The van der Waals surface area contributed by atoms with E-state index in [9.17, 15) is 9.18 Å². The van der Waals surface area contributed by atoms with Gasteiger partial charge < -0.3 is 10.1 Å². The van der Waals surface area contributed by atoms with Crippen LogP contribution in [0.15, 0.2) is 18.2 Å². The minimum atomic E-state index is -0.190. The first-order chi connectivity index (χ1) is 10.1. The van der Waals surface area contributed by atoms with Crippen LogP contribution in [0, 0.1) is 5.82 Å². The lowest BCUT2D eigenvalue weighted by Gasteiger charge is -2.34. The molecule has 1 aliphatic heterocycles. The number of nitrogens with one attached hydrogen (secondary N) is 1. The van der Waals surface area contributed by atoms with Crippen LogP contribution < -0.4 is 5.32 Å². The predicted molar refractivity (Wildman–Crippen MR) is 79.6 cm³/mol. The van der Waals surface area contributed by atoms with Crippen molar-refractivity contribution in [3.63, 3.8) is 0 Å². The van der Waals surface area contributed by atoms with Crippen LogP contribution in [-0.2, 0) is 16.0 Å². The van der Waals surface area contributed by atoms with Gasteiger partial charge in [-0.25, -0.2) is 4.39 Å². The molecule has 1 amide bonds. The Morgan fingerprint density at radius 1 is 1.52 bits per heavy atom. The van der Waals surface area contributed by atoms with Gasteiger partial charge in [-0.05, 0) is 43.0 Å². The van der Waals surface area contributed by atoms with Gasteiger partial charge in [0.2, 0.25) is 5.91 Å². The Balaban J connectivity index is 1.88. The fraction of sp³-hybridized carbons (Fsp3) is 0.562. The Bertz CT molecular complexity index is 493. The Labute approximate surface area is 125 Å². The van der Waals surface area contributed by atoms with Crippen molar-refractivity contribution in [2.75, 3.05) is 33.4 Å². The molecule has 1 heterocycles. The van der Waals surface area contributed by atoms with E-state index in [2.05, 4.69) is 17.1 Å². The smallest absolute Gasteiger partial charge is 0.234 e. The number of rotatable bonds is 6. The molecule has 2 rings (SSSR count). The highest BCUT2D eigenvalue weighted by Crippen LogP contribution is 2.29. The summed E-state index contributed by atoms with van der Waals surface area (Å²) in [5.74, 6) is -0.159. The SMILES string of the molecule is COCCCNC(=O)CN1CCc2cc(F)ccc2[C@@H]1C. The van der Waals surface area contributed by atoms with E-state index in [0.29, 0.717) is 19.7 Å². The van der Waals surface area contributed by atoms with E-state index in [1.54, 1.807) is 13.2 Å². The largest absolute Gasteiger partial charge is 0.385 e. The number of carbonyl (C=O) groups excluding carboxylic acids is 1. The standard InChI is InChI=1S/C16H23FN2O2/c1-12-15-5-4-14(17)10-13(15)6-8-19(12)11-16(20)18-7-3-9-21-2/h4-5,10,12H,3,6-9,11H2,1-2H3,(H,18,20)/t12-/m0/s1. The number of methoxy groups -OCH3 is 1. The van der Waals surface area contributed by atoms with E-state index < -0.39 is 0 Å². The molecule has 4 nitrogen and oxygen atoms in total. The zero-order valence-electron chi connectivity index (χ0n) is 12.7. The number of halogens is 1. The van der Waals surface area contributed by atoms with Crippen molar-refractivity contribution in [2.45, 2.75) is 25.8 Å². The van der Waals surface area contributed by atoms with Gasteiger partial charge in [0.05, 0.1) is 6.54 Å². The first-order valence-corrected chi connectivity index (χ1v) is 7.40. The summed E-state index contributed by atoms with van der Waals surface area (Å²) >= 11 is 0. The number of hydrogen-bond donors (Lipinski definition) is 1. The molecule has 1 atom stereocenters. The zero-order valence-corrected chi connectivity index (χ0v) is 12.7. The minimum Gasteiger partial charge on any atom is -0.385 e. The molecule has 0 aromatic heterocycles. The number of benzene rings is 1. The lowest BCUT2D eigenvalue weighted by Crippen LogP contribution is -2.42. The Hall–Kier alpha value is -1.46. The van der Waals surface area contributed by atoms with Crippen molar-refractivity contribution >= 4 is 5.91 Å². The summed E-state index contributed by atoms with van der Waals surface area (Å²) in [4.78, 5) is 14.1. The molecule has 1 aliphatic rings. The van der Waals surface area contributed by atoms with E-state index in [1.165, 1.54) is 6.07 Å². The van der Waals surface area contributed by atoms with Crippen molar-refractivity contribution in [1.29, 1.82) is 0 Å². The van der Waals surface area contributed by atoms with Gasteiger partial charge >= 0.3 is 0 Å². The molecule has 0 unspecified atom stereocenters. The van der Waals surface area contributed by atoms with Gasteiger partial charge in [0.25, 0.3) is 0 Å². The van der Waals surface area contributed by atoms with Crippen LogP contribution in [0.4, 0.5) is 4.39 Å². The molecule has 1 aromatic rings. The summed E-state index contributed by atoms with van der Waals surface area (Å²) in [6, 6.07) is 5.06. The fourth-order valence-corrected chi connectivity index (χ4v) is 2.75. The number of ether oxygens (including phenoxy) is 1. The fourth-order valence-electron chi connectivity index (χ4n) is 2.75. The van der Waals surface area contributed by atoms with Crippen LogP contribution in [0.5, 0.6) is 0 Å². The number of nitrogens with zero attached hydrogens (tertiary/aromatic N) is 1. The minimum absolute atomic E-state index is 0.0310. The number of amides is 1. The normalized spacial score (nSPS) is 18.3. The third kappa shape index (κ3) is 4.25. The van der Waals surface area contributed by atoms with Crippen molar-refractivity contribution in [1.82, 2.24) is 10.2 Å². The van der Waals surface area contributed by atoms with Crippen LogP contribution in [0.1, 0.15) is 30.5 Å². The number of hydrogen-bond acceptors (Lipinski definition) is 3. The molecule has 0 aliphatic carbocycles. The summed E-state index contributed by atoms with van der Waals surface area (Å²) in [6.07, 6.45) is 1.61. The summed E-state index contributed by atoms with van der Waals surface area (Å²) in [5, 5.41) is 2.90. The molecule has 21 heavy (non-hydrogen) atoms. The van der Waals surface area contributed by atoms with Crippen LogP contribution in [0.3, 0.4) is 0 Å². The lowest BCUT2D eigenvalue weighted by molar-refractivity contribution is -0.122. The monoisotopic (exact) mass is 294 g/mol. The number of carbonyl (C=O) groups is 1. The molecule has 0 fully saturated rings. The Morgan fingerprint density at radius 2 is 2.33 bits per heavy atom. The maximum atomic E-state index is 13.2. The van der Waals surface area contributed by atoms with Gasteiger partial charge in [0.1, 0.15) is 5.82 Å². The van der Waals surface area contributed by atoms with Crippen LogP contribution in [0.25, 0.3) is 0 Å².